The highest BCUT2D eigenvalue weighted by atomic mass is 32.1. The molecule has 2 rings (SSSR count). The first-order valence-corrected chi connectivity index (χ1v) is 5.82. The zero-order valence-corrected chi connectivity index (χ0v) is 9.74. The van der Waals surface area contributed by atoms with Gasteiger partial charge < -0.3 is 4.74 Å². The smallest absolute Gasteiger partial charge is 0.227 e. The number of ketones is 1. The number of carbonyl (C=O) groups is 1. The molecular weight excluding hydrogens is 222 g/mol. The topological polar surface area (TPSA) is 30.2 Å². The van der Waals surface area contributed by atoms with E-state index >= 15 is 0 Å². The number of thiazole rings is 1. The maximum atomic E-state index is 11.9. The second-order valence-corrected chi connectivity index (χ2v) is 4.11. The molecule has 1 heterocycles. The summed E-state index contributed by atoms with van der Waals surface area (Å²) in [7, 11) is 1.61. The van der Waals surface area contributed by atoms with Crippen molar-refractivity contribution in [3.63, 3.8) is 0 Å². The molecule has 0 unspecified atom stereocenters. The maximum absolute atomic E-state index is 11.9. The largest absolute Gasteiger partial charge is 0.497 e. The molecule has 0 radical (unpaired) electrons. The van der Waals surface area contributed by atoms with Crippen LogP contribution in [0.15, 0.2) is 41.4 Å². The quantitative estimate of drug-likeness (QED) is 0.597. The molecule has 0 aliphatic heterocycles. The van der Waals surface area contributed by atoms with E-state index in [1.807, 2.05) is 21.7 Å². The van der Waals surface area contributed by atoms with E-state index in [-0.39, 0.29) is 5.78 Å². The number of aromatic nitrogens is 1. The third kappa shape index (κ3) is 2.46. The highest BCUT2D eigenvalue weighted by Gasteiger charge is 2.11. The van der Waals surface area contributed by atoms with Gasteiger partial charge in [-0.25, -0.2) is 0 Å². The Bertz CT molecular complexity index is 462. The Kier molecular flexibility index (Phi) is 3.31. The molecule has 0 saturated carbocycles. The molecule has 16 heavy (non-hydrogen) atoms. The molecule has 2 aromatic rings. The molecule has 0 amide bonds. The van der Waals surface area contributed by atoms with E-state index in [0.717, 1.165) is 5.75 Å². The Balaban J connectivity index is 2.09. The molecule has 0 aliphatic carbocycles. The first-order chi connectivity index (χ1) is 7.79. The number of ether oxygens (including phenoxy) is 1. The lowest BCUT2D eigenvalue weighted by Gasteiger charge is -2.00. The average Bonchev–Trinajstić information content (AvgIpc) is 2.82. The van der Waals surface area contributed by atoms with Crippen molar-refractivity contribution in [1.82, 2.24) is 0 Å². The number of hydrogen-bond donors (Lipinski definition) is 0. The predicted octanol–water partition coefficient (Wildman–Crippen LogP) is 1.93. The van der Waals surface area contributed by atoms with Crippen molar-refractivity contribution in [3.8, 4) is 5.75 Å². The fourth-order valence-electron chi connectivity index (χ4n) is 1.39. The second kappa shape index (κ2) is 4.90. The molecule has 1 aromatic carbocycles. The van der Waals surface area contributed by atoms with Crippen LogP contribution in [0.4, 0.5) is 0 Å². The van der Waals surface area contributed by atoms with Crippen molar-refractivity contribution in [1.29, 1.82) is 0 Å². The molecule has 3 nitrogen and oxygen atoms in total. The molecule has 0 spiro atoms. The van der Waals surface area contributed by atoms with Gasteiger partial charge in [0.15, 0.2) is 6.20 Å². The minimum absolute atomic E-state index is 0.103. The number of methoxy groups -OCH3 is 1. The number of benzene rings is 1. The van der Waals surface area contributed by atoms with E-state index in [1.165, 1.54) is 0 Å². The maximum Gasteiger partial charge on any atom is 0.227 e. The van der Waals surface area contributed by atoms with Crippen molar-refractivity contribution in [2.24, 2.45) is 0 Å². The van der Waals surface area contributed by atoms with Crippen LogP contribution < -0.4 is 9.30 Å². The van der Waals surface area contributed by atoms with E-state index in [2.05, 4.69) is 0 Å². The molecule has 0 atom stereocenters. The van der Waals surface area contributed by atoms with Gasteiger partial charge in [0.1, 0.15) is 5.75 Å². The average molecular weight is 234 g/mol. The standard InChI is InChI=1S/C12H12NO2S/c1-15-11-4-2-10(3-5-11)12(14)8-13-6-7-16-9-13/h2-7,9H,8H2,1H3/q+1. The van der Waals surface area contributed by atoms with Gasteiger partial charge in [-0.05, 0) is 24.3 Å². The summed E-state index contributed by atoms with van der Waals surface area (Å²) in [6.07, 6.45) is 1.89. The highest BCUT2D eigenvalue weighted by molar-refractivity contribution is 7.07. The molecule has 0 N–H and O–H groups in total. The molecular formula is C12H12NO2S+. The number of rotatable bonds is 4. The van der Waals surface area contributed by atoms with E-state index in [9.17, 15) is 4.79 Å². The van der Waals surface area contributed by atoms with Crippen LogP contribution in [-0.2, 0) is 6.54 Å². The number of nitrogens with zero attached hydrogens (tertiary/aromatic N) is 1. The fraction of sp³-hybridized carbons (Fsp3) is 0.167. The van der Waals surface area contributed by atoms with Gasteiger partial charge in [-0.2, -0.15) is 4.57 Å². The summed E-state index contributed by atoms with van der Waals surface area (Å²) >= 11 is 1.57. The summed E-state index contributed by atoms with van der Waals surface area (Å²) in [5.41, 5.74) is 2.63. The van der Waals surface area contributed by atoms with E-state index in [0.29, 0.717) is 12.1 Å². The number of hydrogen-bond acceptors (Lipinski definition) is 3. The van der Waals surface area contributed by atoms with Crippen molar-refractivity contribution >= 4 is 17.1 Å². The molecule has 82 valence electrons. The summed E-state index contributed by atoms with van der Waals surface area (Å²) in [5.74, 6) is 0.866. The Morgan fingerprint density at radius 1 is 1.38 bits per heavy atom. The van der Waals surface area contributed by atoms with Crippen LogP contribution in [-0.4, -0.2) is 12.9 Å². The molecule has 0 aliphatic rings. The van der Waals surface area contributed by atoms with E-state index < -0.39 is 0 Å². The number of Topliss-reactive ketones (excluding diaryl/α,β-unsaturated/α-hetero) is 1. The SMILES string of the molecule is COc1ccc(C(=O)C[n+]2ccsc2)cc1. The van der Waals surface area contributed by atoms with Gasteiger partial charge >= 0.3 is 0 Å². The first-order valence-electron chi connectivity index (χ1n) is 4.88. The lowest BCUT2D eigenvalue weighted by molar-refractivity contribution is -0.678. The van der Waals surface area contributed by atoms with Gasteiger partial charge in [0, 0.05) is 5.56 Å². The number of carbonyl (C=O) groups excluding carboxylic acids is 1. The highest BCUT2D eigenvalue weighted by Crippen LogP contribution is 2.11. The van der Waals surface area contributed by atoms with Crippen LogP contribution in [0, 0.1) is 0 Å². The van der Waals surface area contributed by atoms with Crippen molar-refractivity contribution in [3.05, 3.63) is 46.9 Å². The predicted molar refractivity (Wildman–Crippen MR) is 61.8 cm³/mol. The minimum atomic E-state index is 0.103. The molecule has 0 bridgehead atoms. The van der Waals surface area contributed by atoms with Crippen molar-refractivity contribution in [2.75, 3.05) is 7.11 Å². The van der Waals surface area contributed by atoms with Gasteiger partial charge in [-0.15, -0.1) is 0 Å². The van der Waals surface area contributed by atoms with Crippen LogP contribution in [0.1, 0.15) is 10.4 Å². The fourth-order valence-corrected chi connectivity index (χ4v) is 1.98. The lowest BCUT2D eigenvalue weighted by Crippen LogP contribution is -2.34. The third-order valence-corrected chi connectivity index (χ3v) is 2.94. The van der Waals surface area contributed by atoms with Gasteiger partial charge in [-0.3, -0.25) is 4.79 Å². The second-order valence-electron chi connectivity index (χ2n) is 3.35. The van der Waals surface area contributed by atoms with Crippen LogP contribution in [0.2, 0.25) is 0 Å². The van der Waals surface area contributed by atoms with Crippen LogP contribution in [0.5, 0.6) is 5.75 Å². The Labute approximate surface area is 97.9 Å². The third-order valence-electron chi connectivity index (χ3n) is 2.27. The van der Waals surface area contributed by atoms with Gasteiger partial charge in [-0.1, -0.05) is 11.3 Å². The summed E-state index contributed by atoms with van der Waals surface area (Å²) in [4.78, 5) is 11.9. The minimum Gasteiger partial charge on any atom is -0.497 e. The lowest BCUT2D eigenvalue weighted by atomic mass is 10.1. The monoisotopic (exact) mass is 234 g/mol. The van der Waals surface area contributed by atoms with Gasteiger partial charge in [0.05, 0.1) is 12.5 Å². The van der Waals surface area contributed by atoms with Crippen LogP contribution >= 0.6 is 11.3 Å². The van der Waals surface area contributed by atoms with Crippen LogP contribution in [0.25, 0.3) is 0 Å². The Hall–Kier alpha value is -1.68. The van der Waals surface area contributed by atoms with E-state index in [4.69, 9.17) is 4.74 Å². The Morgan fingerprint density at radius 2 is 2.12 bits per heavy atom. The summed E-state index contributed by atoms with van der Waals surface area (Å²) in [6, 6.07) is 7.17. The molecule has 0 fully saturated rings. The zero-order valence-electron chi connectivity index (χ0n) is 8.92. The zero-order chi connectivity index (χ0) is 11.4. The molecule has 4 heteroatoms. The van der Waals surface area contributed by atoms with E-state index in [1.54, 1.807) is 42.7 Å². The van der Waals surface area contributed by atoms with Gasteiger partial charge in [0.25, 0.3) is 0 Å². The van der Waals surface area contributed by atoms with Crippen LogP contribution in [0.3, 0.4) is 0 Å². The summed E-state index contributed by atoms with van der Waals surface area (Å²) in [6.45, 7) is 0.385. The molecule has 0 saturated heterocycles. The van der Waals surface area contributed by atoms with Gasteiger partial charge in [0.2, 0.25) is 17.8 Å². The summed E-state index contributed by atoms with van der Waals surface area (Å²) in [5, 5.41) is 1.95. The van der Waals surface area contributed by atoms with Crippen molar-refractivity contribution in [2.45, 2.75) is 6.54 Å². The van der Waals surface area contributed by atoms with Crippen molar-refractivity contribution < 1.29 is 14.1 Å². The molecule has 1 aromatic heterocycles. The normalized spacial score (nSPS) is 10.1. The Morgan fingerprint density at radius 3 is 2.69 bits per heavy atom. The first kappa shape index (κ1) is 10.8. The summed E-state index contributed by atoms with van der Waals surface area (Å²) < 4.78 is 6.91.